The summed E-state index contributed by atoms with van der Waals surface area (Å²) in [7, 11) is 3.62. The number of carbonyl (C=O) groups excluding carboxylic acids is 1. The molecule has 0 fully saturated rings. The fourth-order valence-electron chi connectivity index (χ4n) is 1.44. The highest BCUT2D eigenvalue weighted by atomic mass is 16.6. The molecule has 1 N–H and O–H groups in total. The zero-order valence-corrected chi connectivity index (χ0v) is 12.1. The summed E-state index contributed by atoms with van der Waals surface area (Å²) in [6.07, 6.45) is 1.26. The summed E-state index contributed by atoms with van der Waals surface area (Å²) in [5.41, 5.74) is 1.18. The number of rotatable bonds is 3. The van der Waals surface area contributed by atoms with Crippen LogP contribution in [0, 0.1) is 0 Å². The Morgan fingerprint density at radius 3 is 2.37 bits per heavy atom. The Hall–Kier alpha value is -2.04. The molecule has 104 valence electrons. The highest BCUT2D eigenvalue weighted by molar-refractivity contribution is 5.86. The molecule has 0 saturated heterocycles. The van der Waals surface area contributed by atoms with Crippen LogP contribution in [0.2, 0.25) is 0 Å². The van der Waals surface area contributed by atoms with E-state index in [0.717, 1.165) is 5.69 Å². The van der Waals surface area contributed by atoms with Gasteiger partial charge in [0, 0.05) is 25.5 Å². The molecule has 19 heavy (non-hydrogen) atoms. The van der Waals surface area contributed by atoms with Crippen LogP contribution in [-0.4, -0.2) is 32.1 Å². The van der Waals surface area contributed by atoms with Crippen LogP contribution < -0.4 is 10.2 Å². The summed E-state index contributed by atoms with van der Waals surface area (Å²) >= 11 is 0. The third-order valence-electron chi connectivity index (χ3n) is 2.21. The molecule has 0 spiro atoms. The molecule has 0 unspecified atom stereocenters. The largest absolute Gasteiger partial charge is 0.444 e. The highest BCUT2D eigenvalue weighted by Crippen LogP contribution is 2.17. The molecule has 1 aromatic carbocycles. The van der Waals surface area contributed by atoms with Crippen LogP contribution in [0.3, 0.4) is 0 Å². The molecule has 1 aromatic rings. The number of ether oxygens (including phenoxy) is 1. The van der Waals surface area contributed by atoms with E-state index in [2.05, 4.69) is 10.3 Å². The van der Waals surface area contributed by atoms with Crippen LogP contribution in [0.5, 0.6) is 0 Å². The third-order valence-corrected chi connectivity index (χ3v) is 2.21. The van der Waals surface area contributed by atoms with Crippen molar-refractivity contribution in [3.63, 3.8) is 0 Å². The maximum atomic E-state index is 11.6. The maximum Gasteiger partial charge on any atom is 0.412 e. The lowest BCUT2D eigenvalue weighted by atomic mass is 10.2. The van der Waals surface area contributed by atoms with Crippen LogP contribution in [0.25, 0.3) is 0 Å². The van der Waals surface area contributed by atoms with Crippen LogP contribution >= 0.6 is 0 Å². The number of benzene rings is 1. The van der Waals surface area contributed by atoms with Gasteiger partial charge < -0.3 is 9.64 Å². The molecule has 5 heteroatoms. The lowest BCUT2D eigenvalue weighted by Crippen LogP contribution is -2.27. The Morgan fingerprint density at radius 2 is 1.89 bits per heavy atom. The van der Waals surface area contributed by atoms with E-state index in [1.54, 1.807) is 13.4 Å². The van der Waals surface area contributed by atoms with E-state index in [4.69, 9.17) is 4.74 Å². The van der Waals surface area contributed by atoms with E-state index in [9.17, 15) is 4.79 Å². The van der Waals surface area contributed by atoms with Crippen molar-refractivity contribution in [3.8, 4) is 0 Å². The molecule has 0 aromatic heterocycles. The Balaban J connectivity index is 2.64. The van der Waals surface area contributed by atoms with Gasteiger partial charge in [-0.25, -0.2) is 4.79 Å². The first-order valence-corrected chi connectivity index (χ1v) is 6.07. The zero-order valence-electron chi connectivity index (χ0n) is 12.1. The summed E-state index contributed by atoms with van der Waals surface area (Å²) in [4.78, 5) is 17.4. The molecule has 0 aliphatic rings. The highest BCUT2D eigenvalue weighted by Gasteiger charge is 2.16. The number of nitrogens with zero attached hydrogens (tertiary/aromatic N) is 2. The molecule has 1 rings (SSSR count). The van der Waals surface area contributed by atoms with Crippen molar-refractivity contribution in [1.82, 2.24) is 0 Å². The SMILES string of the molecule is CN=CN(C)c1ccc(NC(=O)OC(C)(C)C)cc1. The van der Waals surface area contributed by atoms with Crippen molar-refractivity contribution in [2.24, 2.45) is 4.99 Å². The minimum atomic E-state index is -0.498. The first-order chi connectivity index (χ1) is 8.81. The molecular weight excluding hydrogens is 242 g/mol. The third kappa shape index (κ3) is 5.42. The standard InChI is InChI=1S/C14H21N3O2/c1-14(2,3)19-13(18)16-11-6-8-12(9-7-11)17(5)10-15-4/h6-10H,1-5H3,(H,16,18). The molecule has 1 amide bonds. The summed E-state index contributed by atoms with van der Waals surface area (Å²) in [6, 6.07) is 7.43. The Kier molecular flexibility index (Phi) is 4.92. The van der Waals surface area contributed by atoms with Gasteiger partial charge in [-0.2, -0.15) is 0 Å². The lowest BCUT2D eigenvalue weighted by molar-refractivity contribution is 0.0636. The summed E-state index contributed by atoms with van der Waals surface area (Å²) in [5, 5.41) is 2.68. The van der Waals surface area contributed by atoms with Crippen LogP contribution in [0.4, 0.5) is 16.2 Å². The van der Waals surface area contributed by atoms with E-state index < -0.39 is 11.7 Å². The molecule has 0 bridgehead atoms. The lowest BCUT2D eigenvalue weighted by Gasteiger charge is -2.20. The quantitative estimate of drug-likeness (QED) is 0.673. The fraction of sp³-hybridized carbons (Fsp3) is 0.429. The topological polar surface area (TPSA) is 53.9 Å². The summed E-state index contributed by atoms with van der Waals surface area (Å²) < 4.78 is 5.18. The van der Waals surface area contributed by atoms with Gasteiger partial charge in [0.2, 0.25) is 0 Å². The van der Waals surface area contributed by atoms with E-state index in [1.807, 2.05) is 57.0 Å². The molecule has 0 aliphatic heterocycles. The molecule has 0 atom stereocenters. The number of amides is 1. The Bertz CT molecular complexity index is 447. The van der Waals surface area contributed by atoms with Crippen molar-refractivity contribution in [2.45, 2.75) is 26.4 Å². The number of carbonyl (C=O) groups is 1. The van der Waals surface area contributed by atoms with Gasteiger partial charge in [0.15, 0.2) is 0 Å². The van der Waals surface area contributed by atoms with Gasteiger partial charge >= 0.3 is 6.09 Å². The molecule has 5 nitrogen and oxygen atoms in total. The second-order valence-corrected chi connectivity index (χ2v) is 5.16. The number of hydrogen-bond acceptors (Lipinski definition) is 3. The smallest absolute Gasteiger partial charge is 0.412 e. The monoisotopic (exact) mass is 263 g/mol. The van der Waals surface area contributed by atoms with Gasteiger partial charge in [0.1, 0.15) is 5.60 Å². The normalized spacial score (nSPS) is 11.4. The average Bonchev–Trinajstić information content (AvgIpc) is 2.27. The Morgan fingerprint density at radius 1 is 1.32 bits per heavy atom. The number of hydrogen-bond donors (Lipinski definition) is 1. The molecule has 0 heterocycles. The van der Waals surface area contributed by atoms with Gasteiger partial charge in [0.05, 0.1) is 6.34 Å². The van der Waals surface area contributed by atoms with Crippen molar-refractivity contribution in [2.75, 3.05) is 24.3 Å². The number of anilines is 2. The van der Waals surface area contributed by atoms with E-state index >= 15 is 0 Å². The first-order valence-electron chi connectivity index (χ1n) is 6.07. The minimum absolute atomic E-state index is 0.455. The molecule has 0 saturated carbocycles. The average molecular weight is 263 g/mol. The molecular formula is C14H21N3O2. The second-order valence-electron chi connectivity index (χ2n) is 5.16. The van der Waals surface area contributed by atoms with Gasteiger partial charge in [-0.1, -0.05) is 0 Å². The van der Waals surface area contributed by atoms with Crippen molar-refractivity contribution >= 4 is 23.8 Å². The number of nitrogens with one attached hydrogen (secondary N) is 1. The van der Waals surface area contributed by atoms with Gasteiger partial charge in [0.25, 0.3) is 0 Å². The van der Waals surface area contributed by atoms with Gasteiger partial charge in [-0.3, -0.25) is 10.3 Å². The zero-order chi connectivity index (χ0) is 14.5. The first kappa shape index (κ1) is 15.0. The van der Waals surface area contributed by atoms with Crippen LogP contribution in [-0.2, 0) is 4.74 Å². The van der Waals surface area contributed by atoms with Gasteiger partial charge in [-0.05, 0) is 45.0 Å². The van der Waals surface area contributed by atoms with E-state index in [0.29, 0.717) is 5.69 Å². The summed E-state index contributed by atoms with van der Waals surface area (Å²) in [5.74, 6) is 0. The number of aliphatic imine (C=N–C) groups is 1. The van der Waals surface area contributed by atoms with Crippen molar-refractivity contribution in [3.05, 3.63) is 24.3 Å². The molecule has 0 radical (unpaired) electrons. The predicted molar refractivity (Wildman–Crippen MR) is 79.1 cm³/mol. The van der Waals surface area contributed by atoms with E-state index in [-0.39, 0.29) is 0 Å². The summed E-state index contributed by atoms with van der Waals surface area (Å²) in [6.45, 7) is 5.48. The maximum absolute atomic E-state index is 11.6. The van der Waals surface area contributed by atoms with Crippen molar-refractivity contribution < 1.29 is 9.53 Å². The van der Waals surface area contributed by atoms with Gasteiger partial charge in [-0.15, -0.1) is 0 Å². The van der Waals surface area contributed by atoms with Crippen LogP contribution in [0.1, 0.15) is 20.8 Å². The molecule has 0 aliphatic carbocycles. The predicted octanol–water partition coefficient (Wildman–Crippen LogP) is 3.13. The van der Waals surface area contributed by atoms with E-state index in [1.165, 1.54) is 0 Å². The van der Waals surface area contributed by atoms with Crippen LogP contribution in [0.15, 0.2) is 29.3 Å². The minimum Gasteiger partial charge on any atom is -0.444 e. The van der Waals surface area contributed by atoms with Crippen molar-refractivity contribution in [1.29, 1.82) is 0 Å². The Labute approximate surface area is 114 Å². The second kappa shape index (κ2) is 6.22. The fourth-order valence-corrected chi connectivity index (χ4v) is 1.44.